The van der Waals surface area contributed by atoms with E-state index >= 15 is 0 Å². The molecule has 3 aromatic rings. The van der Waals surface area contributed by atoms with Crippen molar-refractivity contribution in [1.29, 1.82) is 0 Å². The topological polar surface area (TPSA) is 61.5 Å². The van der Waals surface area contributed by atoms with Crippen molar-refractivity contribution in [2.24, 2.45) is 0 Å². The van der Waals surface area contributed by atoms with E-state index in [9.17, 15) is 4.79 Å². The van der Waals surface area contributed by atoms with E-state index in [2.05, 4.69) is 15.1 Å². The Bertz CT molecular complexity index is 852. The van der Waals surface area contributed by atoms with Crippen LogP contribution in [0.1, 0.15) is 5.56 Å². The standard InChI is InChI=1S/C21H24N4O2S/c1-24(2)12-13-28-25(21(26)27-16-17-6-4-3-5-7-17)20-10-8-18(9-11-20)19-14-22-23-15-19/h3-11,14-15H,12-13,16H2,1-2H3,(H,22,23). The lowest BCUT2D eigenvalue weighted by atomic mass is 10.1. The van der Waals surface area contributed by atoms with Gasteiger partial charge in [0, 0.05) is 24.1 Å². The number of benzene rings is 2. The van der Waals surface area contributed by atoms with Crippen molar-refractivity contribution in [2.75, 3.05) is 30.7 Å². The molecule has 0 aliphatic carbocycles. The minimum absolute atomic E-state index is 0.248. The molecule has 0 radical (unpaired) electrons. The second kappa shape index (κ2) is 9.96. The SMILES string of the molecule is CN(C)CCSN(C(=O)OCc1ccccc1)c1ccc(-c2cn[nH]c2)cc1. The molecule has 0 atom stereocenters. The highest BCUT2D eigenvalue weighted by Gasteiger charge is 2.19. The van der Waals surface area contributed by atoms with Gasteiger partial charge in [0.25, 0.3) is 0 Å². The van der Waals surface area contributed by atoms with Crippen LogP contribution in [0.5, 0.6) is 0 Å². The van der Waals surface area contributed by atoms with Crippen LogP contribution in [0.15, 0.2) is 67.0 Å². The van der Waals surface area contributed by atoms with Crippen LogP contribution >= 0.6 is 11.9 Å². The lowest BCUT2D eigenvalue weighted by Gasteiger charge is -2.22. The molecule has 146 valence electrons. The van der Waals surface area contributed by atoms with Crippen LogP contribution in [-0.2, 0) is 11.3 Å². The third-order valence-corrected chi connectivity index (χ3v) is 5.05. The largest absolute Gasteiger partial charge is 0.444 e. The molecule has 0 saturated heterocycles. The normalized spacial score (nSPS) is 10.8. The molecule has 0 spiro atoms. The van der Waals surface area contributed by atoms with Crippen molar-refractivity contribution in [3.63, 3.8) is 0 Å². The molecule has 2 aromatic carbocycles. The zero-order chi connectivity index (χ0) is 19.8. The number of aromatic amines is 1. The van der Waals surface area contributed by atoms with Gasteiger partial charge in [-0.2, -0.15) is 5.10 Å². The molecular weight excluding hydrogens is 372 g/mol. The predicted molar refractivity (Wildman–Crippen MR) is 114 cm³/mol. The maximum absolute atomic E-state index is 12.8. The van der Waals surface area contributed by atoms with Gasteiger partial charge in [-0.1, -0.05) is 42.5 Å². The Morgan fingerprint density at radius 3 is 2.46 bits per heavy atom. The molecule has 0 fully saturated rings. The van der Waals surface area contributed by atoms with Gasteiger partial charge in [0.2, 0.25) is 0 Å². The number of H-pyrrole nitrogens is 1. The van der Waals surface area contributed by atoms with Crippen molar-refractivity contribution < 1.29 is 9.53 Å². The van der Waals surface area contributed by atoms with E-state index in [1.165, 1.54) is 11.9 Å². The molecule has 1 N–H and O–H groups in total. The van der Waals surface area contributed by atoms with Crippen molar-refractivity contribution >= 4 is 23.7 Å². The molecule has 0 bridgehead atoms. The monoisotopic (exact) mass is 396 g/mol. The molecule has 28 heavy (non-hydrogen) atoms. The number of hydrogen-bond acceptors (Lipinski definition) is 5. The smallest absolute Gasteiger partial charge is 0.424 e. The van der Waals surface area contributed by atoms with E-state index in [1.807, 2.05) is 74.9 Å². The summed E-state index contributed by atoms with van der Waals surface area (Å²) < 4.78 is 7.16. The average molecular weight is 397 g/mol. The number of nitrogens with one attached hydrogen (secondary N) is 1. The summed E-state index contributed by atoms with van der Waals surface area (Å²) >= 11 is 1.45. The Kier molecular flexibility index (Phi) is 7.11. The number of carbonyl (C=O) groups is 1. The zero-order valence-corrected chi connectivity index (χ0v) is 16.9. The average Bonchev–Trinajstić information content (AvgIpc) is 3.25. The van der Waals surface area contributed by atoms with Crippen LogP contribution in [0.25, 0.3) is 11.1 Å². The van der Waals surface area contributed by atoms with Crippen molar-refractivity contribution in [2.45, 2.75) is 6.61 Å². The van der Waals surface area contributed by atoms with Gasteiger partial charge < -0.3 is 9.64 Å². The van der Waals surface area contributed by atoms with Crippen LogP contribution in [-0.4, -0.2) is 47.6 Å². The summed E-state index contributed by atoms with van der Waals surface area (Å²) in [4.78, 5) is 14.8. The molecule has 0 aliphatic heterocycles. The summed E-state index contributed by atoms with van der Waals surface area (Å²) in [5.74, 6) is 0.775. The number of ether oxygens (including phenoxy) is 1. The number of rotatable bonds is 8. The van der Waals surface area contributed by atoms with Gasteiger partial charge >= 0.3 is 6.09 Å². The van der Waals surface area contributed by atoms with Crippen LogP contribution in [0.4, 0.5) is 10.5 Å². The summed E-state index contributed by atoms with van der Waals surface area (Å²) in [6, 6.07) is 17.5. The number of hydrogen-bond donors (Lipinski definition) is 1. The number of amides is 1. The van der Waals surface area contributed by atoms with Crippen molar-refractivity contribution in [3.8, 4) is 11.1 Å². The van der Waals surface area contributed by atoms with Crippen molar-refractivity contribution in [3.05, 3.63) is 72.6 Å². The van der Waals surface area contributed by atoms with Gasteiger partial charge in [-0.25, -0.2) is 9.10 Å². The number of aromatic nitrogens is 2. The van der Waals surface area contributed by atoms with E-state index in [4.69, 9.17) is 4.74 Å². The molecule has 1 heterocycles. The first-order valence-electron chi connectivity index (χ1n) is 9.01. The minimum Gasteiger partial charge on any atom is -0.444 e. The summed E-state index contributed by atoms with van der Waals surface area (Å²) in [5.41, 5.74) is 3.79. The minimum atomic E-state index is -0.372. The molecule has 6 nitrogen and oxygen atoms in total. The van der Waals surface area contributed by atoms with Gasteiger partial charge in [0.15, 0.2) is 0 Å². The fraction of sp³-hybridized carbons (Fsp3) is 0.238. The quantitative estimate of drug-likeness (QED) is 0.571. The fourth-order valence-corrected chi connectivity index (χ4v) is 3.58. The summed E-state index contributed by atoms with van der Waals surface area (Å²) in [6.45, 7) is 1.11. The molecular formula is C21H24N4O2S. The molecule has 1 aromatic heterocycles. The maximum atomic E-state index is 12.8. The Morgan fingerprint density at radius 1 is 1.07 bits per heavy atom. The van der Waals surface area contributed by atoms with E-state index in [1.54, 1.807) is 10.5 Å². The third kappa shape index (κ3) is 5.61. The predicted octanol–water partition coefficient (Wildman–Crippen LogP) is 4.43. The van der Waals surface area contributed by atoms with Gasteiger partial charge in [-0.3, -0.25) is 5.10 Å². The molecule has 0 saturated carbocycles. The molecule has 1 amide bonds. The van der Waals surface area contributed by atoms with E-state index in [-0.39, 0.29) is 12.7 Å². The fourth-order valence-electron chi connectivity index (χ4n) is 2.52. The Balaban J connectivity index is 1.71. The van der Waals surface area contributed by atoms with Crippen molar-refractivity contribution in [1.82, 2.24) is 15.1 Å². The van der Waals surface area contributed by atoms with E-state index in [0.717, 1.165) is 34.7 Å². The first-order chi connectivity index (χ1) is 13.6. The number of anilines is 1. The number of carbonyl (C=O) groups excluding carboxylic acids is 1. The second-order valence-corrected chi connectivity index (χ2v) is 7.54. The Labute approximate surface area is 169 Å². The Morgan fingerprint density at radius 2 is 1.82 bits per heavy atom. The van der Waals surface area contributed by atoms with E-state index < -0.39 is 0 Å². The maximum Gasteiger partial charge on any atom is 0.424 e. The summed E-state index contributed by atoms with van der Waals surface area (Å²) in [7, 11) is 4.02. The van der Waals surface area contributed by atoms with Crippen LogP contribution in [0.2, 0.25) is 0 Å². The second-order valence-electron chi connectivity index (χ2n) is 6.50. The summed E-state index contributed by atoms with van der Waals surface area (Å²) in [5, 5.41) is 6.79. The highest BCUT2D eigenvalue weighted by atomic mass is 32.2. The lowest BCUT2D eigenvalue weighted by Crippen LogP contribution is -2.27. The lowest BCUT2D eigenvalue weighted by molar-refractivity contribution is 0.152. The zero-order valence-electron chi connectivity index (χ0n) is 16.0. The molecule has 7 heteroatoms. The third-order valence-electron chi connectivity index (χ3n) is 4.06. The van der Waals surface area contributed by atoms with Crippen LogP contribution < -0.4 is 4.31 Å². The first kappa shape index (κ1) is 20.0. The Hall–Kier alpha value is -2.77. The van der Waals surface area contributed by atoms with Gasteiger partial charge in [0.05, 0.1) is 11.9 Å². The van der Waals surface area contributed by atoms with Crippen LogP contribution in [0.3, 0.4) is 0 Å². The van der Waals surface area contributed by atoms with Gasteiger partial charge in [-0.15, -0.1) is 0 Å². The van der Waals surface area contributed by atoms with E-state index in [0.29, 0.717) is 0 Å². The molecule has 0 aliphatic rings. The molecule has 0 unspecified atom stereocenters. The van der Waals surface area contributed by atoms with Gasteiger partial charge in [0.1, 0.15) is 6.61 Å². The summed E-state index contributed by atoms with van der Waals surface area (Å²) in [6.07, 6.45) is 3.24. The highest BCUT2D eigenvalue weighted by molar-refractivity contribution is 8.01. The van der Waals surface area contributed by atoms with Crippen LogP contribution in [0, 0.1) is 0 Å². The number of nitrogens with zero attached hydrogens (tertiary/aromatic N) is 3. The molecule has 3 rings (SSSR count). The first-order valence-corrected chi connectivity index (χ1v) is 9.95. The highest BCUT2D eigenvalue weighted by Crippen LogP contribution is 2.27. The van der Waals surface area contributed by atoms with Gasteiger partial charge in [-0.05, 0) is 49.3 Å².